The molecule has 1 N–H and O–H groups in total. The van der Waals surface area contributed by atoms with E-state index < -0.39 is 28.1 Å². The molecule has 1 aliphatic rings. The number of hydrogen-bond donors (Lipinski definition) is 1. The second-order valence-corrected chi connectivity index (χ2v) is 8.33. The molecule has 0 bridgehead atoms. The molecular formula is C19H17N5O5S. The molecule has 0 radical (unpaired) electrons. The van der Waals surface area contributed by atoms with Gasteiger partial charge < -0.3 is 9.84 Å². The third-order valence-electron chi connectivity index (χ3n) is 4.71. The Hall–Kier alpha value is -3.28. The number of nitrogens with zero attached hydrogens (tertiary/aromatic N) is 5. The molecule has 1 aromatic carbocycles. The highest BCUT2D eigenvalue weighted by molar-refractivity contribution is 7.89. The van der Waals surface area contributed by atoms with Crippen molar-refractivity contribution in [2.24, 2.45) is 0 Å². The molecule has 0 saturated heterocycles. The fourth-order valence-corrected chi connectivity index (χ4v) is 5.10. The van der Waals surface area contributed by atoms with Crippen molar-refractivity contribution < 1.29 is 23.1 Å². The van der Waals surface area contributed by atoms with E-state index in [9.17, 15) is 18.3 Å². The Bertz CT molecular complexity index is 1170. The zero-order valence-electron chi connectivity index (χ0n) is 15.8. The van der Waals surface area contributed by atoms with Crippen LogP contribution in [0.4, 0.5) is 0 Å². The number of aliphatic hydroxyl groups excluding tert-OH is 1. The Balaban J connectivity index is 1.81. The standard InChI is InChI=1S/C19H17N5O5S/c1-29-19(26)12-4-5-13-11-24(30(27,28)14(13)10-12)15(17-20-6-2-7-21-17)16(25)18-22-8-3-9-23-18/h2-10,15-16,25H,11H2,1H3. The van der Waals surface area contributed by atoms with E-state index in [1.165, 1.54) is 44.0 Å². The van der Waals surface area contributed by atoms with Gasteiger partial charge in [0, 0.05) is 31.3 Å². The minimum atomic E-state index is -4.08. The lowest BCUT2D eigenvalue weighted by molar-refractivity contribution is 0.0600. The van der Waals surface area contributed by atoms with Crippen molar-refractivity contribution in [2.75, 3.05) is 7.11 Å². The molecular weight excluding hydrogens is 410 g/mol. The molecule has 154 valence electrons. The number of carbonyl (C=O) groups excluding carboxylic acids is 1. The molecule has 1 aliphatic heterocycles. The first-order chi connectivity index (χ1) is 14.4. The molecule has 2 unspecified atom stereocenters. The number of benzene rings is 1. The molecule has 0 saturated carbocycles. The molecule has 4 rings (SSSR count). The fraction of sp³-hybridized carbons (Fsp3) is 0.211. The van der Waals surface area contributed by atoms with Gasteiger partial charge in [0.05, 0.1) is 17.6 Å². The summed E-state index contributed by atoms with van der Waals surface area (Å²) in [5.41, 5.74) is 0.589. The molecule has 0 aliphatic carbocycles. The predicted molar refractivity (Wildman–Crippen MR) is 102 cm³/mol. The second-order valence-electron chi connectivity index (χ2n) is 6.47. The molecule has 10 nitrogen and oxygen atoms in total. The number of esters is 1. The Morgan fingerprint density at radius 1 is 1.07 bits per heavy atom. The summed E-state index contributed by atoms with van der Waals surface area (Å²) in [5.74, 6) is -0.509. The Kier molecular flexibility index (Phi) is 5.24. The van der Waals surface area contributed by atoms with Crippen LogP contribution in [-0.2, 0) is 21.3 Å². The quantitative estimate of drug-likeness (QED) is 0.592. The topological polar surface area (TPSA) is 135 Å². The summed E-state index contributed by atoms with van der Waals surface area (Å²) < 4.78 is 32.5. The number of ether oxygens (including phenoxy) is 1. The van der Waals surface area contributed by atoms with Crippen LogP contribution in [0.15, 0.2) is 60.0 Å². The van der Waals surface area contributed by atoms with Gasteiger partial charge in [-0.2, -0.15) is 4.31 Å². The highest BCUT2D eigenvalue weighted by Gasteiger charge is 2.45. The maximum Gasteiger partial charge on any atom is 0.337 e. The molecule has 3 aromatic rings. The van der Waals surface area contributed by atoms with Gasteiger partial charge >= 0.3 is 5.97 Å². The Morgan fingerprint density at radius 2 is 1.67 bits per heavy atom. The van der Waals surface area contributed by atoms with E-state index in [4.69, 9.17) is 0 Å². The van der Waals surface area contributed by atoms with Gasteiger partial charge in [-0.1, -0.05) is 6.07 Å². The number of aromatic nitrogens is 4. The Morgan fingerprint density at radius 3 is 2.27 bits per heavy atom. The summed E-state index contributed by atoms with van der Waals surface area (Å²) >= 11 is 0. The van der Waals surface area contributed by atoms with Crippen LogP contribution in [0.2, 0.25) is 0 Å². The zero-order valence-corrected chi connectivity index (χ0v) is 16.6. The molecule has 0 fully saturated rings. The highest BCUT2D eigenvalue weighted by atomic mass is 32.2. The van der Waals surface area contributed by atoms with Crippen LogP contribution >= 0.6 is 0 Å². The van der Waals surface area contributed by atoms with Crippen molar-refractivity contribution in [3.8, 4) is 0 Å². The van der Waals surface area contributed by atoms with Crippen LogP contribution < -0.4 is 0 Å². The molecule has 2 aromatic heterocycles. The number of sulfonamides is 1. The summed E-state index contributed by atoms with van der Waals surface area (Å²) in [7, 11) is -2.86. The number of fused-ring (bicyclic) bond motifs is 1. The first kappa shape index (κ1) is 20.0. The van der Waals surface area contributed by atoms with E-state index in [2.05, 4.69) is 24.7 Å². The number of hydrogen-bond acceptors (Lipinski definition) is 9. The van der Waals surface area contributed by atoms with Gasteiger partial charge in [0.25, 0.3) is 0 Å². The van der Waals surface area contributed by atoms with Crippen LogP contribution in [0, 0.1) is 0 Å². The van der Waals surface area contributed by atoms with Crippen LogP contribution in [0.25, 0.3) is 0 Å². The van der Waals surface area contributed by atoms with Crippen molar-refractivity contribution in [3.05, 3.63) is 77.9 Å². The summed E-state index contributed by atoms with van der Waals surface area (Å²) in [6, 6.07) is 6.31. The lowest BCUT2D eigenvalue weighted by atomic mass is 10.1. The zero-order chi connectivity index (χ0) is 21.3. The first-order valence-electron chi connectivity index (χ1n) is 8.88. The van der Waals surface area contributed by atoms with Crippen molar-refractivity contribution in [1.29, 1.82) is 0 Å². The van der Waals surface area contributed by atoms with Crippen molar-refractivity contribution in [3.63, 3.8) is 0 Å². The number of rotatable bonds is 5. The van der Waals surface area contributed by atoms with Crippen LogP contribution in [0.1, 0.15) is 39.7 Å². The van der Waals surface area contributed by atoms with Crippen LogP contribution in [0.5, 0.6) is 0 Å². The average Bonchev–Trinajstić information content (AvgIpc) is 3.04. The van der Waals surface area contributed by atoms with Crippen LogP contribution in [0.3, 0.4) is 0 Å². The molecule has 30 heavy (non-hydrogen) atoms. The van der Waals surface area contributed by atoms with Gasteiger partial charge in [-0.15, -0.1) is 0 Å². The summed E-state index contributed by atoms with van der Waals surface area (Å²) in [4.78, 5) is 28.2. The monoisotopic (exact) mass is 427 g/mol. The van der Waals surface area contributed by atoms with E-state index in [-0.39, 0.29) is 28.7 Å². The smallest absolute Gasteiger partial charge is 0.337 e. The van der Waals surface area contributed by atoms with E-state index in [1.807, 2.05) is 0 Å². The second kappa shape index (κ2) is 7.86. The average molecular weight is 427 g/mol. The molecule has 3 heterocycles. The molecule has 0 amide bonds. The first-order valence-corrected chi connectivity index (χ1v) is 10.3. The van der Waals surface area contributed by atoms with Gasteiger partial charge in [0.2, 0.25) is 10.0 Å². The predicted octanol–water partition coefficient (Wildman–Crippen LogP) is 1.03. The van der Waals surface area contributed by atoms with E-state index in [0.29, 0.717) is 5.56 Å². The summed E-state index contributed by atoms with van der Waals surface area (Å²) in [6.07, 6.45) is 4.39. The van der Waals surface area contributed by atoms with E-state index in [1.54, 1.807) is 18.2 Å². The normalized spacial score (nSPS) is 17.1. The number of aliphatic hydroxyl groups is 1. The van der Waals surface area contributed by atoms with Crippen LogP contribution in [-0.4, -0.2) is 50.8 Å². The summed E-state index contributed by atoms with van der Waals surface area (Å²) in [6.45, 7) is -0.0358. The van der Waals surface area contributed by atoms with E-state index >= 15 is 0 Å². The van der Waals surface area contributed by atoms with Crippen molar-refractivity contribution in [1.82, 2.24) is 24.2 Å². The third-order valence-corrected chi connectivity index (χ3v) is 6.62. The lowest BCUT2D eigenvalue weighted by Crippen LogP contribution is -2.35. The van der Waals surface area contributed by atoms with Gasteiger partial charge in [0.1, 0.15) is 18.0 Å². The van der Waals surface area contributed by atoms with Gasteiger partial charge in [0.15, 0.2) is 5.82 Å². The highest BCUT2D eigenvalue weighted by Crippen LogP contribution is 2.41. The molecule has 2 atom stereocenters. The minimum absolute atomic E-state index is 0.0347. The van der Waals surface area contributed by atoms with E-state index in [0.717, 1.165) is 4.31 Å². The lowest BCUT2D eigenvalue weighted by Gasteiger charge is -2.28. The van der Waals surface area contributed by atoms with Crippen molar-refractivity contribution >= 4 is 16.0 Å². The van der Waals surface area contributed by atoms with Gasteiger partial charge in [-0.05, 0) is 29.8 Å². The number of carbonyl (C=O) groups is 1. The third kappa shape index (κ3) is 3.43. The fourth-order valence-electron chi connectivity index (χ4n) is 3.29. The maximum absolute atomic E-state index is 13.4. The summed E-state index contributed by atoms with van der Waals surface area (Å²) in [5, 5.41) is 11.0. The minimum Gasteiger partial charge on any atom is -0.465 e. The van der Waals surface area contributed by atoms with Gasteiger partial charge in [-0.3, -0.25) is 0 Å². The SMILES string of the molecule is COC(=O)c1ccc2c(c1)S(=O)(=O)N(C(c1ncccn1)C(O)c1ncccn1)C2. The number of methoxy groups -OCH3 is 1. The maximum atomic E-state index is 13.4. The van der Waals surface area contributed by atoms with Crippen molar-refractivity contribution in [2.45, 2.75) is 23.6 Å². The molecule has 0 spiro atoms. The molecule has 11 heteroatoms. The Labute approximate surface area is 172 Å². The van der Waals surface area contributed by atoms with Gasteiger partial charge in [-0.25, -0.2) is 33.1 Å². The largest absolute Gasteiger partial charge is 0.465 e.